The number of hydrogen-bond acceptors (Lipinski definition) is 4. The first kappa shape index (κ1) is 8.62. The highest BCUT2D eigenvalue weighted by atomic mass is 14.9. The summed E-state index contributed by atoms with van der Waals surface area (Å²) in [5, 5.41) is 0. The van der Waals surface area contributed by atoms with E-state index in [2.05, 4.69) is 15.0 Å². The smallest absolute Gasteiger partial charge is 0.163 e. The molecule has 0 amide bonds. The zero-order chi connectivity index (χ0) is 9.97. The van der Waals surface area contributed by atoms with Crippen LogP contribution < -0.4 is 5.73 Å². The first-order valence-corrected chi connectivity index (χ1v) is 4.28. The van der Waals surface area contributed by atoms with Crippen molar-refractivity contribution in [1.29, 1.82) is 0 Å². The molecule has 0 aliphatic carbocycles. The average Bonchev–Trinajstić information content (AvgIpc) is 2.18. The Labute approximate surface area is 81.9 Å². The summed E-state index contributed by atoms with van der Waals surface area (Å²) >= 11 is 0. The van der Waals surface area contributed by atoms with Gasteiger partial charge in [-0.1, -0.05) is 0 Å². The van der Waals surface area contributed by atoms with E-state index in [0.717, 1.165) is 11.3 Å². The topological polar surface area (TPSA) is 64.7 Å². The van der Waals surface area contributed by atoms with Crippen LogP contribution in [0.5, 0.6) is 0 Å². The standard InChI is InChI=1S/C10H10N4/c1-7-8(3-2-5-12-7)10-13-6-4-9(11)14-10/h2-6H,1H3,(H2,11,13,14). The first-order valence-electron chi connectivity index (χ1n) is 4.28. The molecule has 0 unspecified atom stereocenters. The Morgan fingerprint density at radius 2 is 2.00 bits per heavy atom. The molecule has 0 saturated heterocycles. The summed E-state index contributed by atoms with van der Waals surface area (Å²) in [5.41, 5.74) is 7.39. The number of aryl methyl sites for hydroxylation is 1. The molecular weight excluding hydrogens is 176 g/mol. The van der Waals surface area contributed by atoms with Gasteiger partial charge in [-0.25, -0.2) is 9.97 Å². The Kier molecular flexibility index (Phi) is 2.10. The van der Waals surface area contributed by atoms with Crippen molar-refractivity contribution in [3.63, 3.8) is 0 Å². The van der Waals surface area contributed by atoms with Crippen molar-refractivity contribution in [3.05, 3.63) is 36.3 Å². The zero-order valence-electron chi connectivity index (χ0n) is 7.81. The lowest BCUT2D eigenvalue weighted by atomic mass is 10.2. The second-order valence-electron chi connectivity index (χ2n) is 2.94. The van der Waals surface area contributed by atoms with Crippen molar-refractivity contribution >= 4 is 5.82 Å². The van der Waals surface area contributed by atoms with Gasteiger partial charge >= 0.3 is 0 Å². The third kappa shape index (κ3) is 1.54. The van der Waals surface area contributed by atoms with Crippen molar-refractivity contribution in [2.45, 2.75) is 6.92 Å². The molecule has 2 N–H and O–H groups in total. The Morgan fingerprint density at radius 1 is 1.14 bits per heavy atom. The molecule has 0 fully saturated rings. The minimum Gasteiger partial charge on any atom is -0.384 e. The van der Waals surface area contributed by atoms with E-state index >= 15 is 0 Å². The minimum atomic E-state index is 0.471. The zero-order valence-corrected chi connectivity index (χ0v) is 7.81. The van der Waals surface area contributed by atoms with Crippen LogP contribution in [0, 0.1) is 6.92 Å². The monoisotopic (exact) mass is 186 g/mol. The van der Waals surface area contributed by atoms with E-state index in [1.54, 1.807) is 18.5 Å². The largest absolute Gasteiger partial charge is 0.384 e. The predicted molar refractivity (Wildman–Crippen MR) is 54.4 cm³/mol. The first-order chi connectivity index (χ1) is 6.77. The van der Waals surface area contributed by atoms with Crippen molar-refractivity contribution in [2.24, 2.45) is 0 Å². The van der Waals surface area contributed by atoms with Crippen LogP contribution in [0.2, 0.25) is 0 Å². The van der Waals surface area contributed by atoms with E-state index in [9.17, 15) is 0 Å². The van der Waals surface area contributed by atoms with Crippen LogP contribution in [0.25, 0.3) is 11.4 Å². The van der Waals surface area contributed by atoms with Crippen molar-refractivity contribution in [1.82, 2.24) is 15.0 Å². The van der Waals surface area contributed by atoms with Crippen LogP contribution >= 0.6 is 0 Å². The number of anilines is 1. The maximum Gasteiger partial charge on any atom is 0.163 e. The van der Waals surface area contributed by atoms with Crippen molar-refractivity contribution < 1.29 is 0 Å². The SMILES string of the molecule is Cc1ncccc1-c1nccc(N)n1. The van der Waals surface area contributed by atoms with Gasteiger partial charge in [0.15, 0.2) is 5.82 Å². The fourth-order valence-corrected chi connectivity index (χ4v) is 1.22. The van der Waals surface area contributed by atoms with E-state index in [0.29, 0.717) is 11.6 Å². The number of aromatic nitrogens is 3. The fraction of sp³-hybridized carbons (Fsp3) is 0.100. The summed E-state index contributed by atoms with van der Waals surface area (Å²) in [6.07, 6.45) is 3.38. The molecule has 0 aliphatic heterocycles. The molecule has 0 spiro atoms. The molecule has 0 saturated carbocycles. The van der Waals surface area contributed by atoms with Crippen LogP contribution in [0.3, 0.4) is 0 Å². The highest BCUT2D eigenvalue weighted by molar-refractivity contribution is 5.58. The number of nitrogen functional groups attached to an aromatic ring is 1. The van der Waals surface area contributed by atoms with E-state index < -0.39 is 0 Å². The third-order valence-corrected chi connectivity index (χ3v) is 1.92. The minimum absolute atomic E-state index is 0.471. The van der Waals surface area contributed by atoms with Gasteiger partial charge in [-0.2, -0.15) is 0 Å². The summed E-state index contributed by atoms with van der Waals surface area (Å²) in [6, 6.07) is 5.45. The molecule has 2 aromatic rings. The van der Waals surface area contributed by atoms with Crippen LogP contribution in [0.1, 0.15) is 5.69 Å². The number of nitrogens with zero attached hydrogens (tertiary/aromatic N) is 3. The molecule has 14 heavy (non-hydrogen) atoms. The summed E-state index contributed by atoms with van der Waals surface area (Å²) in [6.45, 7) is 1.92. The molecule has 2 heterocycles. The van der Waals surface area contributed by atoms with Gasteiger partial charge < -0.3 is 5.73 Å². The summed E-state index contributed by atoms with van der Waals surface area (Å²) in [4.78, 5) is 12.4. The molecule has 70 valence electrons. The quantitative estimate of drug-likeness (QED) is 0.731. The van der Waals surface area contributed by atoms with Crippen LogP contribution in [-0.2, 0) is 0 Å². The maximum absolute atomic E-state index is 5.57. The molecule has 4 nitrogen and oxygen atoms in total. The Bertz CT molecular complexity index is 453. The molecule has 0 bridgehead atoms. The number of rotatable bonds is 1. The van der Waals surface area contributed by atoms with Crippen LogP contribution in [0.4, 0.5) is 5.82 Å². The molecule has 4 heteroatoms. The van der Waals surface area contributed by atoms with Gasteiger partial charge in [0, 0.05) is 23.7 Å². The van der Waals surface area contributed by atoms with Gasteiger partial charge in [0.05, 0.1) is 0 Å². The van der Waals surface area contributed by atoms with Gasteiger partial charge in [-0.05, 0) is 25.1 Å². The van der Waals surface area contributed by atoms with Crippen molar-refractivity contribution in [3.8, 4) is 11.4 Å². The molecular formula is C10H10N4. The lowest BCUT2D eigenvalue weighted by Crippen LogP contribution is -1.96. The number of hydrogen-bond donors (Lipinski definition) is 1. The average molecular weight is 186 g/mol. The molecule has 2 rings (SSSR count). The second-order valence-corrected chi connectivity index (χ2v) is 2.94. The summed E-state index contributed by atoms with van der Waals surface area (Å²) < 4.78 is 0. The summed E-state index contributed by atoms with van der Waals surface area (Å²) in [5.74, 6) is 1.09. The highest BCUT2D eigenvalue weighted by Crippen LogP contribution is 2.17. The molecule has 0 aliphatic rings. The van der Waals surface area contributed by atoms with Crippen molar-refractivity contribution in [2.75, 3.05) is 5.73 Å². The van der Waals surface area contributed by atoms with E-state index in [1.165, 1.54) is 0 Å². The van der Waals surface area contributed by atoms with E-state index in [1.807, 2.05) is 19.1 Å². The Balaban J connectivity index is 2.55. The fourth-order valence-electron chi connectivity index (χ4n) is 1.22. The maximum atomic E-state index is 5.57. The third-order valence-electron chi connectivity index (χ3n) is 1.92. The predicted octanol–water partition coefficient (Wildman–Crippen LogP) is 1.43. The van der Waals surface area contributed by atoms with E-state index in [-0.39, 0.29) is 0 Å². The lowest BCUT2D eigenvalue weighted by Gasteiger charge is -2.02. The van der Waals surface area contributed by atoms with Crippen LogP contribution in [0.15, 0.2) is 30.6 Å². The Hall–Kier alpha value is -1.97. The second kappa shape index (κ2) is 3.41. The number of pyridine rings is 1. The molecule has 0 atom stereocenters. The van der Waals surface area contributed by atoms with Gasteiger partial charge in [0.1, 0.15) is 5.82 Å². The molecule has 0 aromatic carbocycles. The lowest BCUT2D eigenvalue weighted by molar-refractivity contribution is 1.14. The Morgan fingerprint density at radius 3 is 2.71 bits per heavy atom. The number of nitrogens with two attached hydrogens (primary N) is 1. The van der Waals surface area contributed by atoms with Gasteiger partial charge in [0.2, 0.25) is 0 Å². The van der Waals surface area contributed by atoms with Gasteiger partial charge in [-0.15, -0.1) is 0 Å². The van der Waals surface area contributed by atoms with Crippen LogP contribution in [-0.4, -0.2) is 15.0 Å². The van der Waals surface area contributed by atoms with E-state index in [4.69, 9.17) is 5.73 Å². The molecule has 2 aromatic heterocycles. The van der Waals surface area contributed by atoms with Gasteiger partial charge in [0.25, 0.3) is 0 Å². The van der Waals surface area contributed by atoms with Gasteiger partial charge in [-0.3, -0.25) is 4.98 Å². The molecule has 0 radical (unpaired) electrons. The normalized spacial score (nSPS) is 10.1. The highest BCUT2D eigenvalue weighted by Gasteiger charge is 2.04. The summed E-state index contributed by atoms with van der Waals surface area (Å²) in [7, 11) is 0.